The summed E-state index contributed by atoms with van der Waals surface area (Å²) in [4.78, 5) is 16.1. The Balaban J connectivity index is 4.16. The lowest BCUT2D eigenvalue weighted by molar-refractivity contribution is -0.152. The molecule has 3 nitrogen and oxygen atoms in total. The van der Waals surface area contributed by atoms with Crippen LogP contribution in [0, 0.1) is 5.41 Å². The van der Waals surface area contributed by atoms with Gasteiger partial charge in [-0.05, 0) is 33.6 Å². The minimum atomic E-state index is -0.476. The van der Waals surface area contributed by atoms with Gasteiger partial charge < -0.3 is 4.84 Å². The summed E-state index contributed by atoms with van der Waals surface area (Å²) in [6, 6.07) is 0. The molecule has 3 heteroatoms. The zero-order chi connectivity index (χ0) is 10.5. The maximum atomic E-state index is 11.3. The summed E-state index contributed by atoms with van der Waals surface area (Å²) in [5.41, 5.74) is 0.438. The molecule has 0 fully saturated rings. The highest BCUT2D eigenvalue weighted by molar-refractivity contribution is 5.84. The third kappa shape index (κ3) is 4.65. The van der Waals surface area contributed by atoms with E-state index < -0.39 is 5.41 Å². The van der Waals surface area contributed by atoms with Crippen LogP contribution in [0.4, 0.5) is 0 Å². The maximum Gasteiger partial charge on any atom is 0.340 e. The molecule has 0 spiro atoms. The van der Waals surface area contributed by atoms with Crippen LogP contribution in [0.5, 0.6) is 0 Å². The van der Waals surface area contributed by atoms with E-state index in [2.05, 4.69) is 5.16 Å². The summed E-state index contributed by atoms with van der Waals surface area (Å²) in [7, 11) is 0. The van der Waals surface area contributed by atoms with Gasteiger partial charge in [0.25, 0.3) is 0 Å². The number of hydrogen-bond donors (Lipinski definition) is 0. The Kier molecular flexibility index (Phi) is 4.67. The average molecular weight is 185 g/mol. The molecule has 0 radical (unpaired) electrons. The summed E-state index contributed by atoms with van der Waals surface area (Å²) < 4.78 is 0. The van der Waals surface area contributed by atoms with Crippen molar-refractivity contribution < 1.29 is 9.63 Å². The molecule has 0 atom stereocenters. The lowest BCUT2D eigenvalue weighted by Crippen LogP contribution is -2.21. The molecule has 76 valence electrons. The van der Waals surface area contributed by atoms with Crippen LogP contribution < -0.4 is 0 Å². The van der Waals surface area contributed by atoms with E-state index in [-0.39, 0.29) is 5.97 Å². The zero-order valence-corrected chi connectivity index (χ0v) is 9.18. The van der Waals surface area contributed by atoms with Crippen LogP contribution in [-0.4, -0.2) is 11.7 Å². The maximum absolute atomic E-state index is 11.3. The fourth-order valence-corrected chi connectivity index (χ4v) is 0.622. The summed E-state index contributed by atoms with van der Waals surface area (Å²) in [5, 5.41) is 3.79. The minimum Gasteiger partial charge on any atom is -0.318 e. The van der Waals surface area contributed by atoms with Crippen LogP contribution in [-0.2, 0) is 9.63 Å². The first kappa shape index (κ1) is 12.1. The van der Waals surface area contributed by atoms with E-state index in [1.807, 2.05) is 34.6 Å². The smallest absolute Gasteiger partial charge is 0.318 e. The monoisotopic (exact) mass is 185 g/mol. The molecule has 0 aromatic carbocycles. The number of rotatable bonds is 3. The lowest BCUT2D eigenvalue weighted by atomic mass is 9.98. The summed E-state index contributed by atoms with van der Waals surface area (Å²) in [5.74, 6) is -0.285. The van der Waals surface area contributed by atoms with Gasteiger partial charge in [-0.25, -0.2) is 4.79 Å². The van der Waals surface area contributed by atoms with Gasteiger partial charge in [-0.2, -0.15) is 0 Å². The van der Waals surface area contributed by atoms with Gasteiger partial charge in [0.2, 0.25) is 0 Å². The first-order valence-corrected chi connectivity index (χ1v) is 4.69. The molecule has 0 N–H and O–H groups in total. The first-order valence-electron chi connectivity index (χ1n) is 4.69. The van der Waals surface area contributed by atoms with Gasteiger partial charge >= 0.3 is 5.97 Å². The van der Waals surface area contributed by atoms with Crippen LogP contribution >= 0.6 is 0 Å². The van der Waals surface area contributed by atoms with Gasteiger partial charge in [-0.3, -0.25) is 0 Å². The van der Waals surface area contributed by atoms with Crippen molar-refractivity contribution in [2.75, 3.05) is 0 Å². The Morgan fingerprint density at radius 2 is 1.69 bits per heavy atom. The normalized spacial score (nSPS) is 10.8. The predicted molar refractivity (Wildman–Crippen MR) is 53.6 cm³/mol. The molecule has 0 aliphatic carbocycles. The highest BCUT2D eigenvalue weighted by Crippen LogP contribution is 2.15. The van der Waals surface area contributed by atoms with E-state index in [0.717, 1.165) is 18.6 Å². The molecule has 0 aliphatic heterocycles. The molecule has 0 heterocycles. The third-order valence-electron chi connectivity index (χ3n) is 1.69. The van der Waals surface area contributed by atoms with Crippen LogP contribution in [0.15, 0.2) is 5.16 Å². The van der Waals surface area contributed by atoms with E-state index in [4.69, 9.17) is 4.84 Å². The Labute approximate surface area is 80.1 Å². The molecule has 0 bridgehead atoms. The molecule has 0 rings (SSSR count). The SMILES string of the molecule is CCC(CC)=NOC(=O)C(C)(C)C. The third-order valence-corrected chi connectivity index (χ3v) is 1.69. The predicted octanol–water partition coefficient (Wildman–Crippen LogP) is 2.75. The second kappa shape index (κ2) is 5.00. The molecule has 0 aliphatic rings. The fourth-order valence-electron chi connectivity index (χ4n) is 0.622. The standard InChI is InChI=1S/C10H19NO2/c1-6-8(7-2)11-13-9(12)10(3,4)5/h6-7H2,1-5H3. The Bertz CT molecular complexity index is 195. The quantitative estimate of drug-likeness (QED) is 0.385. The van der Waals surface area contributed by atoms with Gasteiger partial charge in [0.1, 0.15) is 0 Å². The molecule has 0 saturated heterocycles. The van der Waals surface area contributed by atoms with Crippen molar-refractivity contribution in [1.29, 1.82) is 0 Å². The van der Waals surface area contributed by atoms with Gasteiger partial charge in [0.15, 0.2) is 0 Å². The molecular weight excluding hydrogens is 166 g/mol. The van der Waals surface area contributed by atoms with Gasteiger partial charge in [0, 0.05) is 0 Å². The van der Waals surface area contributed by atoms with Gasteiger partial charge in [0.05, 0.1) is 11.1 Å². The largest absolute Gasteiger partial charge is 0.340 e. The van der Waals surface area contributed by atoms with Crippen LogP contribution in [0.3, 0.4) is 0 Å². The molecular formula is C10H19NO2. The Hall–Kier alpha value is -0.860. The number of hydrogen-bond acceptors (Lipinski definition) is 3. The number of carbonyl (C=O) groups excluding carboxylic acids is 1. The topological polar surface area (TPSA) is 38.7 Å². The van der Waals surface area contributed by atoms with Crippen molar-refractivity contribution in [2.45, 2.75) is 47.5 Å². The van der Waals surface area contributed by atoms with E-state index in [0.29, 0.717) is 0 Å². The number of nitrogens with zero attached hydrogens (tertiary/aromatic N) is 1. The fraction of sp³-hybridized carbons (Fsp3) is 0.800. The summed E-state index contributed by atoms with van der Waals surface area (Å²) in [6.07, 6.45) is 1.65. The molecule has 0 saturated carbocycles. The minimum absolute atomic E-state index is 0.285. The van der Waals surface area contributed by atoms with Crippen molar-refractivity contribution in [3.05, 3.63) is 0 Å². The highest BCUT2D eigenvalue weighted by Gasteiger charge is 2.23. The second-order valence-electron chi connectivity index (χ2n) is 3.99. The van der Waals surface area contributed by atoms with Crippen molar-refractivity contribution in [3.63, 3.8) is 0 Å². The van der Waals surface area contributed by atoms with Crippen molar-refractivity contribution >= 4 is 11.7 Å². The van der Waals surface area contributed by atoms with Gasteiger partial charge in [-0.15, -0.1) is 0 Å². The highest BCUT2D eigenvalue weighted by atomic mass is 16.7. The van der Waals surface area contributed by atoms with Crippen molar-refractivity contribution in [2.24, 2.45) is 10.6 Å². The van der Waals surface area contributed by atoms with Crippen LogP contribution in [0.1, 0.15) is 47.5 Å². The van der Waals surface area contributed by atoms with Crippen molar-refractivity contribution in [1.82, 2.24) is 0 Å². The molecule has 0 aromatic rings. The van der Waals surface area contributed by atoms with Crippen LogP contribution in [0.25, 0.3) is 0 Å². The average Bonchev–Trinajstić information content (AvgIpc) is 2.04. The second-order valence-corrected chi connectivity index (χ2v) is 3.99. The Morgan fingerprint density at radius 1 is 1.23 bits per heavy atom. The van der Waals surface area contributed by atoms with E-state index >= 15 is 0 Å². The van der Waals surface area contributed by atoms with E-state index in [1.54, 1.807) is 0 Å². The van der Waals surface area contributed by atoms with E-state index in [1.165, 1.54) is 0 Å². The molecule has 13 heavy (non-hydrogen) atoms. The van der Waals surface area contributed by atoms with Crippen molar-refractivity contribution in [3.8, 4) is 0 Å². The zero-order valence-electron chi connectivity index (χ0n) is 9.18. The lowest BCUT2D eigenvalue weighted by Gasteiger charge is -2.13. The molecule has 0 amide bonds. The Morgan fingerprint density at radius 3 is 2.00 bits per heavy atom. The first-order chi connectivity index (χ1) is 5.91. The summed E-state index contributed by atoms with van der Waals surface area (Å²) >= 11 is 0. The van der Waals surface area contributed by atoms with Gasteiger partial charge in [-0.1, -0.05) is 19.0 Å². The number of oxime groups is 1. The van der Waals surface area contributed by atoms with E-state index in [9.17, 15) is 4.79 Å². The van der Waals surface area contributed by atoms with Crippen LogP contribution in [0.2, 0.25) is 0 Å². The molecule has 0 aromatic heterocycles. The molecule has 0 unspecified atom stereocenters. The summed E-state index contributed by atoms with van der Waals surface area (Å²) in [6.45, 7) is 9.41. The number of carbonyl (C=O) groups is 1.